The largest absolute Gasteiger partial charge is 0.494 e. The van der Waals surface area contributed by atoms with Gasteiger partial charge in [0.1, 0.15) is 11.3 Å². The Hall–Kier alpha value is -2.61. The molecule has 3 rings (SSSR count). The van der Waals surface area contributed by atoms with E-state index in [2.05, 4.69) is 29.3 Å². The van der Waals surface area contributed by atoms with Crippen molar-refractivity contribution in [3.05, 3.63) is 71.9 Å². The standard InChI is InChI=1S/C18H15NO/c1-20-17-9-5-8-15-11-13-16(19-18(15)17)12-10-14-6-3-2-4-7-14/h2-13H,1H3. The van der Waals surface area contributed by atoms with Crippen molar-refractivity contribution in [3.63, 3.8) is 0 Å². The van der Waals surface area contributed by atoms with Gasteiger partial charge in [0.2, 0.25) is 0 Å². The van der Waals surface area contributed by atoms with E-state index in [0.29, 0.717) is 0 Å². The van der Waals surface area contributed by atoms with E-state index in [1.54, 1.807) is 7.11 Å². The van der Waals surface area contributed by atoms with Gasteiger partial charge in [-0.25, -0.2) is 4.98 Å². The lowest BCUT2D eigenvalue weighted by atomic mass is 10.1. The highest BCUT2D eigenvalue weighted by atomic mass is 16.5. The predicted octanol–water partition coefficient (Wildman–Crippen LogP) is 4.41. The van der Waals surface area contributed by atoms with Crippen molar-refractivity contribution in [1.82, 2.24) is 4.98 Å². The van der Waals surface area contributed by atoms with Crippen LogP contribution in [0.15, 0.2) is 60.7 Å². The molecule has 0 amide bonds. The number of benzene rings is 2. The molecule has 0 saturated heterocycles. The first-order chi connectivity index (χ1) is 9.86. The average molecular weight is 261 g/mol. The number of nitrogens with zero attached hydrogens (tertiary/aromatic N) is 1. The first-order valence-electron chi connectivity index (χ1n) is 6.54. The van der Waals surface area contributed by atoms with Gasteiger partial charge in [-0.05, 0) is 23.8 Å². The Morgan fingerprint density at radius 2 is 1.70 bits per heavy atom. The summed E-state index contributed by atoms with van der Waals surface area (Å²) in [7, 11) is 1.67. The molecule has 0 aliphatic heterocycles. The number of para-hydroxylation sites is 1. The number of pyridine rings is 1. The number of fused-ring (bicyclic) bond motifs is 1. The summed E-state index contributed by atoms with van der Waals surface area (Å²) in [6.07, 6.45) is 4.07. The molecular formula is C18H15NO. The van der Waals surface area contributed by atoms with Crippen molar-refractivity contribution in [2.45, 2.75) is 0 Å². The molecule has 0 spiro atoms. The summed E-state index contributed by atoms with van der Waals surface area (Å²) in [6.45, 7) is 0. The zero-order valence-corrected chi connectivity index (χ0v) is 11.3. The number of aromatic nitrogens is 1. The molecule has 0 fully saturated rings. The minimum atomic E-state index is 0.803. The lowest BCUT2D eigenvalue weighted by Gasteiger charge is -2.04. The fourth-order valence-corrected chi connectivity index (χ4v) is 2.14. The van der Waals surface area contributed by atoms with E-state index >= 15 is 0 Å². The lowest BCUT2D eigenvalue weighted by Crippen LogP contribution is -1.89. The van der Waals surface area contributed by atoms with Gasteiger partial charge in [-0.15, -0.1) is 0 Å². The average Bonchev–Trinajstić information content (AvgIpc) is 2.53. The minimum absolute atomic E-state index is 0.803. The van der Waals surface area contributed by atoms with Crippen molar-refractivity contribution < 1.29 is 4.74 Å². The Morgan fingerprint density at radius 3 is 2.50 bits per heavy atom. The van der Waals surface area contributed by atoms with Crippen LogP contribution in [0, 0.1) is 0 Å². The van der Waals surface area contributed by atoms with Crippen LogP contribution in [0.3, 0.4) is 0 Å². The van der Waals surface area contributed by atoms with Crippen molar-refractivity contribution in [1.29, 1.82) is 0 Å². The van der Waals surface area contributed by atoms with Crippen LogP contribution in [0.4, 0.5) is 0 Å². The van der Waals surface area contributed by atoms with Gasteiger partial charge in [0.25, 0.3) is 0 Å². The van der Waals surface area contributed by atoms with Crippen LogP contribution in [0.5, 0.6) is 5.75 Å². The highest BCUT2D eigenvalue weighted by Gasteiger charge is 2.02. The van der Waals surface area contributed by atoms with Gasteiger partial charge in [-0.1, -0.05) is 54.6 Å². The van der Waals surface area contributed by atoms with E-state index in [0.717, 1.165) is 27.9 Å². The van der Waals surface area contributed by atoms with Crippen LogP contribution in [-0.2, 0) is 0 Å². The molecule has 0 bridgehead atoms. The zero-order valence-electron chi connectivity index (χ0n) is 11.3. The molecule has 0 aliphatic carbocycles. The highest BCUT2D eigenvalue weighted by molar-refractivity contribution is 5.86. The second-order valence-corrected chi connectivity index (χ2v) is 4.51. The SMILES string of the molecule is COc1cccc2ccc(C=Cc3ccccc3)nc12. The lowest BCUT2D eigenvalue weighted by molar-refractivity contribution is 0.419. The molecule has 0 N–H and O–H groups in total. The summed E-state index contributed by atoms with van der Waals surface area (Å²) in [5.74, 6) is 0.803. The van der Waals surface area contributed by atoms with Crippen LogP contribution in [-0.4, -0.2) is 12.1 Å². The molecule has 0 atom stereocenters. The van der Waals surface area contributed by atoms with Gasteiger partial charge in [-0.2, -0.15) is 0 Å². The molecule has 98 valence electrons. The number of rotatable bonds is 3. The molecule has 1 aromatic heterocycles. The molecule has 2 aromatic carbocycles. The third kappa shape index (κ3) is 2.54. The first kappa shape index (κ1) is 12.4. The summed E-state index contributed by atoms with van der Waals surface area (Å²) >= 11 is 0. The maximum Gasteiger partial charge on any atom is 0.145 e. The van der Waals surface area contributed by atoms with Crippen molar-refractivity contribution in [2.75, 3.05) is 7.11 Å². The van der Waals surface area contributed by atoms with Gasteiger partial charge in [0.15, 0.2) is 0 Å². The number of ether oxygens (including phenoxy) is 1. The van der Waals surface area contributed by atoms with Gasteiger partial charge in [0.05, 0.1) is 12.8 Å². The highest BCUT2D eigenvalue weighted by Crippen LogP contribution is 2.23. The van der Waals surface area contributed by atoms with Crippen LogP contribution in [0.2, 0.25) is 0 Å². The van der Waals surface area contributed by atoms with Gasteiger partial charge >= 0.3 is 0 Å². The second-order valence-electron chi connectivity index (χ2n) is 4.51. The summed E-state index contributed by atoms with van der Waals surface area (Å²) in [5.41, 5.74) is 2.98. The molecule has 20 heavy (non-hydrogen) atoms. The zero-order chi connectivity index (χ0) is 13.8. The molecule has 0 radical (unpaired) electrons. The Kier molecular flexibility index (Phi) is 3.46. The Labute approximate surface area is 118 Å². The minimum Gasteiger partial charge on any atom is -0.494 e. The van der Waals surface area contributed by atoms with E-state index in [1.807, 2.05) is 48.5 Å². The Morgan fingerprint density at radius 1 is 0.850 bits per heavy atom. The van der Waals surface area contributed by atoms with E-state index in [-0.39, 0.29) is 0 Å². The summed E-state index contributed by atoms with van der Waals surface area (Å²) in [4.78, 5) is 4.65. The van der Waals surface area contributed by atoms with E-state index in [1.165, 1.54) is 0 Å². The van der Waals surface area contributed by atoms with Gasteiger partial charge in [-0.3, -0.25) is 0 Å². The predicted molar refractivity (Wildman–Crippen MR) is 83.7 cm³/mol. The second kappa shape index (κ2) is 5.57. The van der Waals surface area contributed by atoms with Crippen LogP contribution < -0.4 is 4.74 Å². The van der Waals surface area contributed by atoms with Crippen LogP contribution >= 0.6 is 0 Å². The maximum atomic E-state index is 5.36. The number of hydrogen-bond acceptors (Lipinski definition) is 2. The van der Waals surface area contributed by atoms with Gasteiger partial charge in [0, 0.05) is 5.39 Å². The molecule has 3 aromatic rings. The van der Waals surface area contributed by atoms with Crippen LogP contribution in [0.25, 0.3) is 23.1 Å². The van der Waals surface area contributed by atoms with Crippen molar-refractivity contribution in [2.24, 2.45) is 0 Å². The number of hydrogen-bond donors (Lipinski definition) is 0. The third-order valence-corrected chi connectivity index (χ3v) is 3.17. The Balaban J connectivity index is 1.99. The molecule has 0 unspecified atom stereocenters. The summed E-state index contributed by atoms with van der Waals surface area (Å²) < 4.78 is 5.36. The fraction of sp³-hybridized carbons (Fsp3) is 0.0556. The topological polar surface area (TPSA) is 22.1 Å². The summed E-state index contributed by atoms with van der Waals surface area (Å²) in [5, 5.41) is 1.08. The quantitative estimate of drug-likeness (QED) is 0.696. The van der Waals surface area contributed by atoms with E-state index < -0.39 is 0 Å². The molecule has 0 aliphatic rings. The van der Waals surface area contributed by atoms with Crippen molar-refractivity contribution >= 4 is 23.1 Å². The molecule has 1 heterocycles. The first-order valence-corrected chi connectivity index (χ1v) is 6.54. The molecule has 2 nitrogen and oxygen atoms in total. The van der Waals surface area contributed by atoms with E-state index in [4.69, 9.17) is 4.74 Å². The van der Waals surface area contributed by atoms with Gasteiger partial charge < -0.3 is 4.74 Å². The maximum absolute atomic E-state index is 5.36. The van der Waals surface area contributed by atoms with Crippen LogP contribution in [0.1, 0.15) is 11.3 Å². The third-order valence-electron chi connectivity index (χ3n) is 3.17. The van der Waals surface area contributed by atoms with Crippen molar-refractivity contribution in [3.8, 4) is 5.75 Å². The summed E-state index contributed by atoms with van der Waals surface area (Å²) in [6, 6.07) is 20.2. The molecule has 2 heteroatoms. The van der Waals surface area contributed by atoms with E-state index in [9.17, 15) is 0 Å². The molecular weight excluding hydrogens is 246 g/mol. The monoisotopic (exact) mass is 261 g/mol. The number of methoxy groups -OCH3 is 1. The Bertz CT molecular complexity index is 748. The smallest absolute Gasteiger partial charge is 0.145 e. The molecule has 0 saturated carbocycles. The fourth-order valence-electron chi connectivity index (χ4n) is 2.14. The normalized spacial score (nSPS) is 11.1.